The molecule has 3 rings (SSSR count). The van der Waals surface area contributed by atoms with Crippen molar-refractivity contribution in [3.63, 3.8) is 0 Å². The van der Waals surface area contributed by atoms with Crippen LogP contribution in [0.2, 0.25) is 0 Å². The topological polar surface area (TPSA) is 81.0 Å². The zero-order valence-corrected chi connectivity index (χ0v) is 14.9. The second-order valence-corrected chi connectivity index (χ2v) is 6.97. The lowest BCUT2D eigenvalue weighted by molar-refractivity contribution is -0.137. The fourth-order valence-electron chi connectivity index (χ4n) is 3.61. The molecule has 1 saturated carbocycles. The van der Waals surface area contributed by atoms with E-state index in [1.54, 1.807) is 6.07 Å². The van der Waals surface area contributed by atoms with Crippen molar-refractivity contribution in [1.29, 1.82) is 0 Å². The summed E-state index contributed by atoms with van der Waals surface area (Å²) in [6, 6.07) is 7.69. The summed E-state index contributed by atoms with van der Waals surface area (Å²) in [4.78, 5) is 12.4. The number of nitrogens with zero attached hydrogens (tertiary/aromatic N) is 1. The molecule has 1 aliphatic carbocycles. The van der Waals surface area contributed by atoms with Crippen LogP contribution < -0.4 is 0 Å². The fourth-order valence-corrected chi connectivity index (χ4v) is 3.61. The Morgan fingerprint density at radius 1 is 0.964 bits per heavy atom. The lowest BCUT2D eigenvalue weighted by Gasteiger charge is -2.33. The molecular weight excluding hydrogens is 375 g/mol. The number of rotatable bonds is 3. The van der Waals surface area contributed by atoms with Crippen molar-refractivity contribution in [2.75, 3.05) is 0 Å². The third kappa shape index (κ3) is 4.22. The minimum Gasteiger partial charge on any atom is -0.508 e. The predicted octanol–water partition coefficient (Wildman–Crippen LogP) is 4.67. The Morgan fingerprint density at radius 2 is 1.57 bits per heavy atom. The molecule has 1 amide bonds. The number of hydrogen-bond acceptors (Lipinski definition) is 4. The average Bonchev–Trinajstić information content (AvgIpc) is 2.66. The van der Waals surface area contributed by atoms with Gasteiger partial charge in [0.2, 0.25) is 0 Å². The highest BCUT2D eigenvalue weighted by Crippen LogP contribution is 2.39. The summed E-state index contributed by atoms with van der Waals surface area (Å²) >= 11 is 0. The van der Waals surface area contributed by atoms with Crippen molar-refractivity contribution in [3.8, 4) is 11.5 Å². The molecule has 0 unspecified atom stereocenters. The molecule has 0 heterocycles. The molecule has 0 atom stereocenters. The Balaban J connectivity index is 1.63. The van der Waals surface area contributed by atoms with Crippen LogP contribution in [0.25, 0.3) is 0 Å². The van der Waals surface area contributed by atoms with Crippen LogP contribution in [-0.4, -0.2) is 32.4 Å². The summed E-state index contributed by atoms with van der Waals surface area (Å²) < 4.78 is 37.9. The predicted molar refractivity (Wildman–Crippen MR) is 94.2 cm³/mol. The van der Waals surface area contributed by atoms with E-state index >= 15 is 0 Å². The minimum atomic E-state index is -4.49. The van der Waals surface area contributed by atoms with Crippen molar-refractivity contribution < 1.29 is 33.4 Å². The Morgan fingerprint density at radius 3 is 2.11 bits per heavy atom. The van der Waals surface area contributed by atoms with Gasteiger partial charge in [-0.1, -0.05) is 6.07 Å². The van der Waals surface area contributed by atoms with Crippen LogP contribution >= 0.6 is 0 Å². The molecule has 1 fully saturated rings. The first-order chi connectivity index (χ1) is 13.2. The molecule has 5 nitrogen and oxygen atoms in total. The van der Waals surface area contributed by atoms with Crippen LogP contribution in [0.15, 0.2) is 42.5 Å². The number of benzene rings is 2. The number of halogens is 3. The van der Waals surface area contributed by atoms with Gasteiger partial charge in [0.15, 0.2) is 0 Å². The van der Waals surface area contributed by atoms with Crippen LogP contribution in [0.3, 0.4) is 0 Å². The van der Waals surface area contributed by atoms with Gasteiger partial charge in [0.25, 0.3) is 5.91 Å². The van der Waals surface area contributed by atoms with E-state index < -0.39 is 23.7 Å². The number of hydrogen-bond donors (Lipinski definition) is 3. The molecule has 2 aromatic rings. The molecule has 1 aliphatic rings. The third-order valence-corrected chi connectivity index (χ3v) is 5.16. The molecule has 2 aromatic carbocycles. The van der Waals surface area contributed by atoms with Gasteiger partial charge in [-0.05, 0) is 67.5 Å². The molecule has 3 N–H and O–H groups in total. The monoisotopic (exact) mass is 395 g/mol. The standard InChI is InChI=1S/C20H20F3NO4/c21-20(22,23)14-5-1-13(2-6-14)19(27)24(28)15-7-3-12(4-8-15)17-10-9-16(25)11-18(17)26/h1-2,5-6,9-12,15,25-26,28H,3-4,7-8H2/t12-,15+. The van der Waals surface area contributed by atoms with Crippen LogP contribution in [0, 0.1) is 0 Å². The van der Waals surface area contributed by atoms with E-state index in [4.69, 9.17) is 0 Å². The largest absolute Gasteiger partial charge is 0.508 e. The maximum atomic E-state index is 12.6. The Hall–Kier alpha value is -2.74. The number of carbonyl (C=O) groups excluding carboxylic acids is 1. The van der Waals surface area contributed by atoms with Crippen LogP contribution in [0.4, 0.5) is 13.2 Å². The number of alkyl halides is 3. The zero-order chi connectivity index (χ0) is 20.5. The van der Waals surface area contributed by atoms with Gasteiger partial charge in [-0.15, -0.1) is 0 Å². The molecule has 0 radical (unpaired) electrons. The quantitative estimate of drug-likeness (QED) is 0.521. The lowest BCUT2D eigenvalue weighted by Crippen LogP contribution is -2.39. The third-order valence-electron chi connectivity index (χ3n) is 5.16. The maximum Gasteiger partial charge on any atom is 0.416 e. The molecule has 150 valence electrons. The summed E-state index contributed by atoms with van der Waals surface area (Å²) in [5.74, 6) is -0.736. The first-order valence-corrected chi connectivity index (χ1v) is 8.88. The number of carbonyl (C=O) groups is 1. The summed E-state index contributed by atoms with van der Waals surface area (Å²) in [5, 5.41) is 30.2. The Bertz CT molecular complexity index is 844. The molecule has 8 heteroatoms. The molecular formula is C20H20F3NO4. The van der Waals surface area contributed by atoms with Crippen molar-refractivity contribution >= 4 is 5.91 Å². The van der Waals surface area contributed by atoms with Gasteiger partial charge in [0.1, 0.15) is 11.5 Å². The number of phenolic OH excluding ortho intramolecular Hbond substituents is 2. The molecule has 0 bridgehead atoms. The SMILES string of the molecule is O=C(c1ccc(C(F)(F)F)cc1)N(O)[C@H]1CC[C@@H](c2ccc(O)cc2O)CC1. The second kappa shape index (κ2) is 7.71. The molecule has 0 saturated heterocycles. The Labute approximate surface area is 159 Å². The van der Waals surface area contributed by atoms with Gasteiger partial charge >= 0.3 is 6.18 Å². The van der Waals surface area contributed by atoms with Gasteiger partial charge in [-0.2, -0.15) is 13.2 Å². The van der Waals surface area contributed by atoms with Crippen molar-refractivity contribution in [2.45, 2.75) is 43.8 Å². The van der Waals surface area contributed by atoms with E-state index in [-0.39, 0.29) is 23.0 Å². The van der Waals surface area contributed by atoms with Gasteiger partial charge in [0.05, 0.1) is 11.6 Å². The summed E-state index contributed by atoms with van der Waals surface area (Å²) in [5.41, 5.74) is -0.175. The highest BCUT2D eigenvalue weighted by Gasteiger charge is 2.32. The first-order valence-electron chi connectivity index (χ1n) is 8.88. The van der Waals surface area contributed by atoms with Crippen molar-refractivity contribution in [1.82, 2.24) is 5.06 Å². The molecule has 28 heavy (non-hydrogen) atoms. The zero-order valence-electron chi connectivity index (χ0n) is 14.9. The van der Waals surface area contributed by atoms with Gasteiger partial charge < -0.3 is 10.2 Å². The second-order valence-electron chi connectivity index (χ2n) is 6.97. The van der Waals surface area contributed by atoms with E-state index in [9.17, 15) is 33.4 Å². The van der Waals surface area contributed by atoms with E-state index in [1.807, 2.05) is 0 Å². The van der Waals surface area contributed by atoms with Crippen LogP contribution in [0.5, 0.6) is 11.5 Å². The maximum absolute atomic E-state index is 12.6. The van der Waals surface area contributed by atoms with Gasteiger partial charge in [0, 0.05) is 11.6 Å². The summed E-state index contributed by atoms with van der Waals surface area (Å²) in [7, 11) is 0. The summed E-state index contributed by atoms with van der Waals surface area (Å²) in [6.45, 7) is 0. The molecule has 0 spiro atoms. The first kappa shape index (κ1) is 20.0. The van der Waals surface area contributed by atoms with E-state index in [0.29, 0.717) is 36.3 Å². The van der Waals surface area contributed by atoms with Crippen LogP contribution in [-0.2, 0) is 6.18 Å². The molecule has 0 aromatic heterocycles. The fraction of sp³-hybridized carbons (Fsp3) is 0.350. The highest BCUT2D eigenvalue weighted by atomic mass is 19.4. The van der Waals surface area contributed by atoms with E-state index in [1.165, 1.54) is 12.1 Å². The lowest BCUT2D eigenvalue weighted by atomic mass is 9.81. The van der Waals surface area contributed by atoms with E-state index in [2.05, 4.69) is 0 Å². The number of phenols is 2. The van der Waals surface area contributed by atoms with Crippen molar-refractivity contribution in [3.05, 3.63) is 59.2 Å². The number of amides is 1. The van der Waals surface area contributed by atoms with Gasteiger partial charge in [-0.3, -0.25) is 10.0 Å². The van der Waals surface area contributed by atoms with Crippen LogP contribution in [0.1, 0.15) is 53.1 Å². The minimum absolute atomic E-state index is 0.00475. The normalized spacial score (nSPS) is 20.0. The van der Waals surface area contributed by atoms with Crippen molar-refractivity contribution in [2.24, 2.45) is 0 Å². The summed E-state index contributed by atoms with van der Waals surface area (Å²) in [6.07, 6.45) is -2.30. The van der Waals surface area contributed by atoms with E-state index in [0.717, 1.165) is 24.3 Å². The number of aromatic hydroxyl groups is 2. The molecule has 0 aliphatic heterocycles. The Kier molecular flexibility index (Phi) is 5.51. The smallest absolute Gasteiger partial charge is 0.416 e. The average molecular weight is 395 g/mol. The highest BCUT2D eigenvalue weighted by molar-refractivity contribution is 5.93. The number of hydroxylamine groups is 2. The van der Waals surface area contributed by atoms with Gasteiger partial charge in [-0.25, -0.2) is 5.06 Å².